The van der Waals surface area contributed by atoms with Crippen LogP contribution in [0.2, 0.25) is 0 Å². The molecule has 9 nitrogen and oxygen atoms in total. The molecule has 0 unspecified atom stereocenters. The maximum absolute atomic E-state index is 12.5. The van der Waals surface area contributed by atoms with Crippen molar-refractivity contribution in [2.75, 3.05) is 5.32 Å². The van der Waals surface area contributed by atoms with E-state index in [0.717, 1.165) is 19.4 Å². The first-order valence-corrected chi connectivity index (χ1v) is 9.60. The third-order valence-electron chi connectivity index (χ3n) is 4.45. The molecule has 0 fully saturated rings. The molecule has 4 rings (SSSR count). The number of carbonyl (C=O) groups excluding carboxylic acids is 1. The molecule has 152 valence electrons. The van der Waals surface area contributed by atoms with Crippen LogP contribution in [0.15, 0.2) is 58.1 Å². The van der Waals surface area contributed by atoms with Crippen LogP contribution in [0.4, 0.5) is 5.69 Å². The molecule has 4 aromatic rings. The monoisotopic (exact) mass is 424 g/mol. The van der Waals surface area contributed by atoms with E-state index in [2.05, 4.69) is 10.3 Å². The minimum Gasteiger partial charge on any atom is -0.494 e. The van der Waals surface area contributed by atoms with Gasteiger partial charge in [0.1, 0.15) is 5.75 Å². The number of nitrogens with zero attached hydrogens (tertiary/aromatic N) is 3. The van der Waals surface area contributed by atoms with E-state index in [-0.39, 0.29) is 0 Å². The van der Waals surface area contributed by atoms with Crippen LogP contribution >= 0.6 is 11.3 Å². The summed E-state index contributed by atoms with van der Waals surface area (Å²) in [5.74, 6) is -1.01. The van der Waals surface area contributed by atoms with Crippen molar-refractivity contribution in [3.8, 4) is 16.8 Å². The fourth-order valence-electron chi connectivity index (χ4n) is 2.83. The van der Waals surface area contributed by atoms with Gasteiger partial charge in [0, 0.05) is 19.8 Å². The predicted molar refractivity (Wildman–Crippen MR) is 113 cm³/mol. The number of hydrogen-bond donors (Lipinski definition) is 2. The second-order valence-corrected chi connectivity index (χ2v) is 7.43. The van der Waals surface area contributed by atoms with Crippen molar-refractivity contribution < 1.29 is 14.6 Å². The first kappa shape index (κ1) is 19.4. The van der Waals surface area contributed by atoms with Crippen LogP contribution in [-0.2, 0) is 14.1 Å². The maximum atomic E-state index is 12.5. The van der Waals surface area contributed by atoms with Crippen molar-refractivity contribution in [2.24, 2.45) is 14.1 Å². The van der Waals surface area contributed by atoms with E-state index in [4.69, 9.17) is 4.74 Å². The summed E-state index contributed by atoms with van der Waals surface area (Å²) in [7, 11) is 2.50. The molecule has 0 spiro atoms. The number of thiazole rings is 1. The second-order valence-electron chi connectivity index (χ2n) is 6.43. The van der Waals surface area contributed by atoms with Crippen LogP contribution < -0.4 is 21.3 Å². The molecule has 0 saturated carbocycles. The first-order valence-electron chi connectivity index (χ1n) is 8.79. The first-order chi connectivity index (χ1) is 14.3. The number of anilines is 1. The fraction of sp³-hybridized carbons (Fsp3) is 0.100. The largest absolute Gasteiger partial charge is 0.494 e. The number of nitrogens with one attached hydrogen (secondary N) is 1. The summed E-state index contributed by atoms with van der Waals surface area (Å²) >= 11 is 1.42. The molecule has 0 aliphatic carbocycles. The van der Waals surface area contributed by atoms with Crippen LogP contribution in [0.3, 0.4) is 0 Å². The van der Waals surface area contributed by atoms with Crippen molar-refractivity contribution in [1.29, 1.82) is 0 Å². The van der Waals surface area contributed by atoms with Gasteiger partial charge >= 0.3 is 5.69 Å². The Labute approximate surface area is 173 Å². The average Bonchev–Trinajstić information content (AvgIpc) is 3.14. The number of hydrogen-bond acceptors (Lipinski definition) is 7. The van der Waals surface area contributed by atoms with Gasteiger partial charge in [-0.05, 0) is 36.4 Å². The Morgan fingerprint density at radius 3 is 2.47 bits per heavy atom. The van der Waals surface area contributed by atoms with Crippen LogP contribution in [0.5, 0.6) is 16.8 Å². The Hall–Kier alpha value is -3.92. The molecule has 0 saturated heterocycles. The highest BCUT2D eigenvalue weighted by atomic mass is 32.1. The van der Waals surface area contributed by atoms with Crippen LogP contribution in [0.25, 0.3) is 10.2 Å². The van der Waals surface area contributed by atoms with Gasteiger partial charge in [0.05, 0.1) is 10.2 Å². The molecule has 0 bridgehead atoms. The van der Waals surface area contributed by atoms with Gasteiger partial charge in [-0.2, -0.15) is 0 Å². The molecular formula is C20H16N4O5S. The lowest BCUT2D eigenvalue weighted by Gasteiger charge is -2.11. The zero-order valence-corrected chi connectivity index (χ0v) is 16.8. The lowest BCUT2D eigenvalue weighted by atomic mass is 10.2. The van der Waals surface area contributed by atoms with Gasteiger partial charge < -0.3 is 15.2 Å². The Balaban J connectivity index is 1.53. The van der Waals surface area contributed by atoms with E-state index in [9.17, 15) is 19.5 Å². The molecule has 2 N–H and O–H groups in total. The summed E-state index contributed by atoms with van der Waals surface area (Å²) in [5, 5.41) is 13.1. The number of aromatic hydroxyl groups is 1. The number of ether oxygens (including phenoxy) is 1. The zero-order valence-electron chi connectivity index (χ0n) is 15.9. The summed E-state index contributed by atoms with van der Waals surface area (Å²) in [5.41, 5.74) is -0.907. The van der Waals surface area contributed by atoms with E-state index in [1.807, 2.05) is 24.3 Å². The molecule has 10 heteroatoms. The summed E-state index contributed by atoms with van der Waals surface area (Å²) in [4.78, 5) is 40.9. The summed E-state index contributed by atoms with van der Waals surface area (Å²) in [6.45, 7) is 0. The van der Waals surface area contributed by atoms with E-state index < -0.39 is 28.6 Å². The van der Waals surface area contributed by atoms with Gasteiger partial charge in [-0.15, -0.1) is 0 Å². The minimum atomic E-state index is -0.885. The van der Waals surface area contributed by atoms with Crippen LogP contribution in [0, 0.1) is 0 Å². The second kappa shape index (κ2) is 7.48. The topological polar surface area (TPSA) is 115 Å². The maximum Gasteiger partial charge on any atom is 0.333 e. The third kappa shape index (κ3) is 3.44. The number of fused-ring (bicyclic) bond motifs is 1. The van der Waals surface area contributed by atoms with E-state index in [1.54, 1.807) is 24.3 Å². The molecule has 0 aliphatic heterocycles. The zero-order chi connectivity index (χ0) is 21.4. The Morgan fingerprint density at radius 2 is 1.77 bits per heavy atom. The van der Waals surface area contributed by atoms with Gasteiger partial charge in [0.2, 0.25) is 5.88 Å². The summed E-state index contributed by atoms with van der Waals surface area (Å²) in [6.07, 6.45) is 0. The smallest absolute Gasteiger partial charge is 0.333 e. The molecular weight excluding hydrogens is 408 g/mol. The van der Waals surface area contributed by atoms with E-state index in [0.29, 0.717) is 16.6 Å². The van der Waals surface area contributed by atoms with Gasteiger partial charge in [0.15, 0.2) is 5.56 Å². The lowest BCUT2D eigenvalue weighted by Crippen LogP contribution is -2.40. The number of para-hydroxylation sites is 1. The molecule has 2 aromatic carbocycles. The van der Waals surface area contributed by atoms with Gasteiger partial charge in [-0.3, -0.25) is 18.7 Å². The molecule has 2 aromatic heterocycles. The highest BCUT2D eigenvalue weighted by Gasteiger charge is 2.21. The number of benzene rings is 2. The van der Waals surface area contributed by atoms with Crippen molar-refractivity contribution in [2.45, 2.75) is 0 Å². The Morgan fingerprint density at radius 1 is 1.07 bits per heavy atom. The molecule has 1 amide bonds. The molecule has 2 heterocycles. The van der Waals surface area contributed by atoms with E-state index >= 15 is 0 Å². The number of carbonyl (C=O) groups is 1. The van der Waals surface area contributed by atoms with E-state index in [1.165, 1.54) is 25.4 Å². The third-order valence-corrected chi connectivity index (χ3v) is 5.37. The Bertz CT molecular complexity index is 1350. The van der Waals surface area contributed by atoms with Crippen molar-refractivity contribution in [3.63, 3.8) is 0 Å². The van der Waals surface area contributed by atoms with Gasteiger partial charge in [-0.1, -0.05) is 23.5 Å². The van der Waals surface area contributed by atoms with Crippen molar-refractivity contribution >= 4 is 33.1 Å². The van der Waals surface area contributed by atoms with Crippen molar-refractivity contribution in [3.05, 3.63) is 74.9 Å². The van der Waals surface area contributed by atoms with Crippen LogP contribution in [-0.4, -0.2) is 25.1 Å². The highest BCUT2D eigenvalue weighted by molar-refractivity contribution is 7.20. The highest BCUT2D eigenvalue weighted by Crippen LogP contribution is 2.31. The van der Waals surface area contributed by atoms with Gasteiger partial charge in [-0.25, -0.2) is 9.78 Å². The fourth-order valence-corrected chi connectivity index (χ4v) is 3.66. The standard InChI is InChI=1S/C20H16N4O5S/c1-23-17(26)15(18(27)24(2)20(23)28)16(25)21-11-7-9-12(10-8-11)29-19-22-13-5-3-4-6-14(13)30-19/h3-10,26H,1-2H3,(H,21,25). The predicted octanol–water partition coefficient (Wildman–Crippen LogP) is 2.44. The number of aromatic nitrogens is 3. The van der Waals surface area contributed by atoms with Crippen LogP contribution in [0.1, 0.15) is 10.4 Å². The lowest BCUT2D eigenvalue weighted by molar-refractivity contribution is 0.102. The molecule has 30 heavy (non-hydrogen) atoms. The van der Waals surface area contributed by atoms with Gasteiger partial charge in [0.25, 0.3) is 16.7 Å². The minimum absolute atomic E-state index is 0.381. The SMILES string of the molecule is Cn1c(O)c(C(=O)Nc2ccc(Oc3nc4ccccc4s3)cc2)c(=O)n(C)c1=O. The number of rotatable bonds is 4. The number of amides is 1. The normalized spacial score (nSPS) is 10.9. The average molecular weight is 424 g/mol. The molecule has 0 atom stereocenters. The molecule has 0 aliphatic rings. The molecule has 0 radical (unpaired) electrons. The quantitative estimate of drug-likeness (QED) is 0.520. The Kier molecular flexibility index (Phi) is 4.84. The van der Waals surface area contributed by atoms with Crippen molar-refractivity contribution in [1.82, 2.24) is 14.1 Å². The summed E-state index contributed by atoms with van der Waals surface area (Å²) < 4.78 is 8.34. The summed E-state index contributed by atoms with van der Waals surface area (Å²) in [6, 6.07) is 14.1.